The number of amides is 1. The van der Waals surface area contributed by atoms with Crippen molar-refractivity contribution in [3.05, 3.63) is 47.0 Å². The SMILES string of the molecule is COc1cc[nH]c1/C=C1\C(=O)Nc2ccc(F)c(C#CC[C@@H](C)O)c21. The van der Waals surface area contributed by atoms with Gasteiger partial charge in [-0.3, -0.25) is 4.79 Å². The van der Waals surface area contributed by atoms with E-state index < -0.39 is 11.9 Å². The van der Waals surface area contributed by atoms with Crippen LogP contribution in [0, 0.1) is 17.7 Å². The maximum atomic E-state index is 14.3. The number of aromatic nitrogens is 1. The Kier molecular flexibility index (Phi) is 4.59. The number of carbonyl (C=O) groups is 1. The topological polar surface area (TPSA) is 74.4 Å². The molecule has 1 aromatic carbocycles. The van der Waals surface area contributed by atoms with E-state index >= 15 is 0 Å². The van der Waals surface area contributed by atoms with Gasteiger partial charge in [-0.25, -0.2) is 4.39 Å². The zero-order valence-electron chi connectivity index (χ0n) is 13.8. The lowest BCUT2D eigenvalue weighted by atomic mass is 9.99. The normalized spacial score (nSPS) is 15.4. The molecule has 5 nitrogen and oxygen atoms in total. The molecule has 1 atom stereocenters. The highest BCUT2D eigenvalue weighted by Gasteiger charge is 2.28. The van der Waals surface area contributed by atoms with Gasteiger partial charge in [-0.05, 0) is 31.2 Å². The summed E-state index contributed by atoms with van der Waals surface area (Å²) in [4.78, 5) is 15.3. The van der Waals surface area contributed by atoms with Crippen LogP contribution < -0.4 is 10.1 Å². The molecule has 0 bridgehead atoms. The van der Waals surface area contributed by atoms with Crippen LogP contribution in [0.5, 0.6) is 5.75 Å². The third kappa shape index (κ3) is 3.28. The van der Waals surface area contributed by atoms with Gasteiger partial charge >= 0.3 is 0 Å². The van der Waals surface area contributed by atoms with Crippen molar-refractivity contribution in [1.29, 1.82) is 0 Å². The van der Waals surface area contributed by atoms with Crippen LogP contribution in [0.15, 0.2) is 24.4 Å². The summed E-state index contributed by atoms with van der Waals surface area (Å²) in [6.07, 6.45) is 2.91. The molecule has 1 aromatic heterocycles. The van der Waals surface area contributed by atoms with Gasteiger partial charge in [0.1, 0.15) is 11.6 Å². The molecule has 1 aliphatic heterocycles. The predicted molar refractivity (Wildman–Crippen MR) is 93.4 cm³/mol. The molecule has 2 heterocycles. The lowest BCUT2D eigenvalue weighted by molar-refractivity contribution is -0.110. The largest absolute Gasteiger partial charge is 0.495 e. The van der Waals surface area contributed by atoms with Crippen molar-refractivity contribution in [3.63, 3.8) is 0 Å². The molecule has 0 spiro atoms. The van der Waals surface area contributed by atoms with Gasteiger partial charge in [0.15, 0.2) is 0 Å². The second kappa shape index (κ2) is 6.83. The Bertz CT molecular complexity index is 916. The molecular weight excluding hydrogens is 323 g/mol. The van der Waals surface area contributed by atoms with E-state index in [1.165, 1.54) is 19.2 Å². The van der Waals surface area contributed by atoms with E-state index in [4.69, 9.17) is 4.74 Å². The number of aliphatic hydroxyl groups is 1. The highest BCUT2D eigenvalue weighted by atomic mass is 19.1. The Hall–Kier alpha value is -3.04. The van der Waals surface area contributed by atoms with Gasteiger partial charge in [-0.2, -0.15) is 0 Å². The average Bonchev–Trinajstić information content (AvgIpc) is 3.14. The van der Waals surface area contributed by atoms with Crippen LogP contribution in [0.1, 0.15) is 30.2 Å². The van der Waals surface area contributed by atoms with Crippen molar-refractivity contribution in [2.24, 2.45) is 0 Å². The molecule has 0 unspecified atom stereocenters. The number of hydrogen-bond acceptors (Lipinski definition) is 3. The molecule has 3 rings (SSSR count). The Morgan fingerprint density at radius 2 is 2.20 bits per heavy atom. The van der Waals surface area contributed by atoms with E-state index in [9.17, 15) is 14.3 Å². The van der Waals surface area contributed by atoms with Crippen molar-refractivity contribution in [1.82, 2.24) is 4.98 Å². The highest BCUT2D eigenvalue weighted by molar-refractivity contribution is 6.35. The lowest BCUT2D eigenvalue weighted by Crippen LogP contribution is -2.03. The summed E-state index contributed by atoms with van der Waals surface area (Å²) in [6.45, 7) is 1.61. The van der Waals surface area contributed by atoms with E-state index in [1.54, 1.807) is 25.3 Å². The number of hydrogen-bond donors (Lipinski definition) is 3. The summed E-state index contributed by atoms with van der Waals surface area (Å²) in [6, 6.07) is 4.51. The molecule has 0 fully saturated rings. The average molecular weight is 340 g/mol. The fourth-order valence-electron chi connectivity index (χ4n) is 2.61. The van der Waals surface area contributed by atoms with Crippen LogP contribution in [0.2, 0.25) is 0 Å². The van der Waals surface area contributed by atoms with Crippen LogP contribution >= 0.6 is 0 Å². The zero-order chi connectivity index (χ0) is 18.0. The molecule has 0 aliphatic carbocycles. The number of aromatic amines is 1. The molecule has 128 valence electrons. The minimum absolute atomic E-state index is 0.133. The number of halogens is 1. The van der Waals surface area contributed by atoms with Gasteiger partial charge in [0, 0.05) is 18.2 Å². The smallest absolute Gasteiger partial charge is 0.256 e. The van der Waals surface area contributed by atoms with Gasteiger partial charge in [0.2, 0.25) is 0 Å². The van der Waals surface area contributed by atoms with Crippen LogP contribution in [0.25, 0.3) is 11.6 Å². The number of rotatable bonds is 3. The summed E-state index contributed by atoms with van der Waals surface area (Å²) < 4.78 is 19.6. The Morgan fingerprint density at radius 3 is 2.92 bits per heavy atom. The van der Waals surface area contributed by atoms with E-state index in [1.807, 2.05) is 0 Å². The van der Waals surface area contributed by atoms with E-state index in [-0.39, 0.29) is 17.9 Å². The minimum Gasteiger partial charge on any atom is -0.495 e. The van der Waals surface area contributed by atoms with Gasteiger partial charge in [-0.1, -0.05) is 11.8 Å². The molecular formula is C19H17FN2O3. The minimum atomic E-state index is -0.606. The van der Waals surface area contributed by atoms with Gasteiger partial charge < -0.3 is 20.1 Å². The molecule has 2 aromatic rings. The molecule has 0 saturated carbocycles. The first kappa shape index (κ1) is 16.8. The summed E-state index contributed by atoms with van der Waals surface area (Å²) in [5.41, 5.74) is 1.96. The molecule has 6 heteroatoms. The summed E-state index contributed by atoms with van der Waals surface area (Å²) in [7, 11) is 1.53. The Balaban J connectivity index is 2.13. The molecule has 1 aliphatic rings. The number of fused-ring (bicyclic) bond motifs is 1. The van der Waals surface area contributed by atoms with Gasteiger partial charge in [-0.15, -0.1) is 0 Å². The Morgan fingerprint density at radius 1 is 1.40 bits per heavy atom. The van der Waals surface area contributed by atoms with Gasteiger partial charge in [0.25, 0.3) is 5.91 Å². The molecule has 1 amide bonds. The van der Waals surface area contributed by atoms with Crippen LogP contribution in [-0.4, -0.2) is 29.2 Å². The first-order chi connectivity index (χ1) is 12.0. The molecule has 3 N–H and O–H groups in total. The fourth-order valence-corrected chi connectivity index (χ4v) is 2.61. The second-order valence-corrected chi connectivity index (χ2v) is 5.67. The number of benzene rings is 1. The molecule has 25 heavy (non-hydrogen) atoms. The van der Waals surface area contributed by atoms with E-state index in [0.717, 1.165) is 0 Å². The van der Waals surface area contributed by atoms with Crippen molar-refractivity contribution < 1.29 is 19.0 Å². The maximum Gasteiger partial charge on any atom is 0.256 e. The van der Waals surface area contributed by atoms with Crippen molar-refractivity contribution in [3.8, 4) is 17.6 Å². The van der Waals surface area contributed by atoms with Crippen LogP contribution in [0.4, 0.5) is 10.1 Å². The summed E-state index contributed by atoms with van der Waals surface area (Å²) in [5.74, 6) is 5.22. The fraction of sp³-hybridized carbons (Fsp3) is 0.211. The third-order valence-corrected chi connectivity index (χ3v) is 3.78. The number of aliphatic hydroxyl groups excluding tert-OH is 1. The zero-order valence-corrected chi connectivity index (χ0v) is 13.8. The van der Waals surface area contributed by atoms with Crippen molar-refractivity contribution >= 4 is 23.2 Å². The predicted octanol–water partition coefficient (Wildman–Crippen LogP) is 2.78. The quantitative estimate of drug-likeness (QED) is 0.594. The van der Waals surface area contributed by atoms with Crippen molar-refractivity contribution in [2.45, 2.75) is 19.4 Å². The first-order valence-electron chi connectivity index (χ1n) is 7.75. The second-order valence-electron chi connectivity index (χ2n) is 5.67. The monoisotopic (exact) mass is 340 g/mol. The summed E-state index contributed by atoms with van der Waals surface area (Å²) in [5, 5.41) is 12.0. The van der Waals surface area contributed by atoms with Gasteiger partial charge in [0.05, 0.1) is 35.7 Å². The number of nitrogens with one attached hydrogen (secondary N) is 2. The van der Waals surface area contributed by atoms with E-state index in [0.29, 0.717) is 28.3 Å². The number of anilines is 1. The maximum absolute atomic E-state index is 14.3. The first-order valence-corrected chi connectivity index (χ1v) is 7.75. The lowest BCUT2D eigenvalue weighted by Gasteiger charge is -2.05. The standard InChI is InChI=1S/C19H17FN2O3/c1-11(23)4-3-5-12-14(20)6-7-15-18(12)13(19(24)22-15)10-16-17(25-2)8-9-21-16/h6-11,21,23H,4H2,1-2H3,(H,22,24)/b13-10-/t11-/m1/s1. The Labute approximate surface area is 144 Å². The van der Waals surface area contributed by atoms with E-state index in [2.05, 4.69) is 22.1 Å². The molecule has 0 saturated heterocycles. The van der Waals surface area contributed by atoms with Crippen LogP contribution in [0.3, 0.4) is 0 Å². The van der Waals surface area contributed by atoms with Crippen LogP contribution in [-0.2, 0) is 4.79 Å². The number of ether oxygens (including phenoxy) is 1. The summed E-state index contributed by atoms with van der Waals surface area (Å²) >= 11 is 0. The number of methoxy groups -OCH3 is 1. The number of H-pyrrole nitrogens is 1. The molecule has 0 radical (unpaired) electrons. The number of carbonyl (C=O) groups excluding carboxylic acids is 1. The highest BCUT2D eigenvalue weighted by Crippen LogP contribution is 2.37. The third-order valence-electron chi connectivity index (χ3n) is 3.78. The van der Waals surface area contributed by atoms with Crippen molar-refractivity contribution in [2.75, 3.05) is 12.4 Å².